The molecule has 2 aromatic rings. The van der Waals surface area contributed by atoms with Crippen molar-refractivity contribution in [3.63, 3.8) is 0 Å². The minimum atomic E-state index is -2.29. The quantitative estimate of drug-likeness (QED) is 0.261. The van der Waals surface area contributed by atoms with E-state index in [2.05, 4.69) is 4.98 Å². The number of esters is 4. The Balaban J connectivity index is 1.75. The highest BCUT2D eigenvalue weighted by molar-refractivity contribution is 5.90. The van der Waals surface area contributed by atoms with Crippen LogP contribution in [0.2, 0.25) is 0 Å². The first-order valence-electron chi connectivity index (χ1n) is 16.0. The van der Waals surface area contributed by atoms with Crippen molar-refractivity contribution >= 4 is 23.9 Å². The number of fused-ring (bicyclic) bond motifs is 1. The van der Waals surface area contributed by atoms with Gasteiger partial charge in [-0.3, -0.25) is 14.6 Å². The van der Waals surface area contributed by atoms with Crippen molar-refractivity contribution in [3.8, 4) is 0 Å². The molecule has 2 saturated carbocycles. The number of pyridine rings is 1. The minimum Gasteiger partial charge on any atom is -0.464 e. The fourth-order valence-electron chi connectivity index (χ4n) is 7.95. The lowest BCUT2D eigenvalue weighted by molar-refractivity contribution is -0.361. The number of hydrogen-bond donors (Lipinski definition) is 3. The minimum absolute atomic E-state index is 0.0497. The van der Waals surface area contributed by atoms with Crippen LogP contribution in [0.4, 0.5) is 0 Å². The predicted octanol–water partition coefficient (Wildman–Crippen LogP) is 2.39. The summed E-state index contributed by atoms with van der Waals surface area (Å²) >= 11 is 0. The molecule has 2 aliphatic carbocycles. The number of ether oxygens (including phenoxy) is 5. The maximum absolute atomic E-state index is 13.8. The van der Waals surface area contributed by atoms with Gasteiger partial charge in [0.1, 0.15) is 35.9 Å². The van der Waals surface area contributed by atoms with Crippen molar-refractivity contribution in [2.24, 2.45) is 17.3 Å². The molecule has 5 rings (SSSR count). The lowest BCUT2D eigenvalue weighted by Crippen LogP contribution is -2.85. The Morgan fingerprint density at radius 1 is 0.958 bits per heavy atom. The van der Waals surface area contributed by atoms with E-state index < -0.39 is 101 Å². The normalized spacial score (nSPS) is 35.4. The Morgan fingerprint density at radius 3 is 2.21 bits per heavy atom. The zero-order valence-corrected chi connectivity index (χ0v) is 27.8. The summed E-state index contributed by atoms with van der Waals surface area (Å²) in [7, 11) is 0. The molecule has 1 aromatic carbocycles. The van der Waals surface area contributed by atoms with E-state index in [9.17, 15) is 34.5 Å². The van der Waals surface area contributed by atoms with Crippen LogP contribution >= 0.6 is 0 Å². The molecule has 3 fully saturated rings. The van der Waals surface area contributed by atoms with Crippen molar-refractivity contribution in [1.82, 2.24) is 4.98 Å². The van der Waals surface area contributed by atoms with Gasteiger partial charge in [-0.05, 0) is 51.5 Å². The molecular formula is C35H43NO12. The first-order valence-corrected chi connectivity index (χ1v) is 16.0. The van der Waals surface area contributed by atoms with Gasteiger partial charge in [-0.1, -0.05) is 32.0 Å². The van der Waals surface area contributed by atoms with Gasteiger partial charge >= 0.3 is 23.9 Å². The molecule has 3 N–H and O–H groups in total. The second-order valence-corrected chi connectivity index (χ2v) is 13.7. The number of rotatable bonds is 9. The smallest absolute Gasteiger partial charge is 0.340 e. The molecule has 0 unspecified atom stereocenters. The number of aliphatic hydroxyl groups is 3. The standard InChI is InChI=1S/C35H43NO12/c1-7-19(2)29(40)44-18-34-26(38)23(46-31(42)22-14-11-15-36-17-22)16-33(6,43)35(34)27(39)24(32(4,5)48-35)25(45-20(3)37)28(34)47-30(41)21-12-9-8-10-13-21/h8-15,17,19,23-28,38-39,43H,7,16,18H2,1-6H3/t19-,23+,24-,25+,26+,27-,28-,33+,34+,35+/m1/s1. The lowest BCUT2D eigenvalue weighted by Gasteiger charge is -2.65. The summed E-state index contributed by atoms with van der Waals surface area (Å²) in [5.74, 6) is -4.98. The Morgan fingerprint density at radius 2 is 1.60 bits per heavy atom. The second-order valence-electron chi connectivity index (χ2n) is 13.7. The molecule has 1 aromatic heterocycles. The van der Waals surface area contributed by atoms with Crippen LogP contribution in [0.3, 0.4) is 0 Å². The lowest BCUT2D eigenvalue weighted by atomic mass is 9.46. The van der Waals surface area contributed by atoms with E-state index in [0.717, 1.165) is 6.92 Å². The first-order chi connectivity index (χ1) is 22.5. The van der Waals surface area contributed by atoms with Gasteiger partial charge in [0.2, 0.25) is 0 Å². The van der Waals surface area contributed by atoms with E-state index in [1.54, 1.807) is 45.9 Å². The SMILES string of the molecule is CC[C@@H](C)C(=O)OC[C@]12[C@H](OC(=O)c3ccccc3)[C@@H](OC(C)=O)[C@@H]3[C@@H](O)[C@]1(OC3(C)C)[C@@](C)(O)C[C@H](OC(=O)c1cccnc1)[C@@H]2O. The van der Waals surface area contributed by atoms with Crippen LogP contribution in [0.25, 0.3) is 0 Å². The maximum atomic E-state index is 13.8. The number of benzene rings is 1. The maximum Gasteiger partial charge on any atom is 0.340 e. The Hall–Kier alpha value is -3.91. The molecule has 48 heavy (non-hydrogen) atoms. The topological polar surface area (TPSA) is 188 Å². The fraction of sp³-hybridized carbons (Fsp3) is 0.571. The number of aromatic nitrogens is 1. The number of carbonyl (C=O) groups is 4. The molecule has 1 aliphatic heterocycles. The third kappa shape index (κ3) is 5.56. The van der Waals surface area contributed by atoms with Gasteiger partial charge in [-0.15, -0.1) is 0 Å². The summed E-state index contributed by atoms with van der Waals surface area (Å²) in [6.07, 6.45) is -5.66. The molecule has 13 heteroatoms. The zero-order valence-electron chi connectivity index (χ0n) is 27.8. The molecule has 2 heterocycles. The molecule has 1 spiro atoms. The van der Waals surface area contributed by atoms with Crippen molar-refractivity contribution in [2.45, 2.75) is 102 Å². The first kappa shape index (κ1) is 35.4. The van der Waals surface area contributed by atoms with Crippen molar-refractivity contribution in [3.05, 3.63) is 66.0 Å². The highest BCUT2D eigenvalue weighted by atomic mass is 16.6. The molecule has 2 bridgehead atoms. The largest absolute Gasteiger partial charge is 0.464 e. The summed E-state index contributed by atoms with van der Waals surface area (Å²) in [6.45, 7) is 8.32. The second kappa shape index (κ2) is 12.8. The Bertz CT molecular complexity index is 1530. The van der Waals surface area contributed by atoms with Gasteiger partial charge < -0.3 is 39.0 Å². The number of carbonyl (C=O) groups excluding carboxylic acids is 4. The Labute approximate surface area is 278 Å². The summed E-state index contributed by atoms with van der Waals surface area (Å²) in [5, 5.41) is 37.3. The molecule has 13 nitrogen and oxygen atoms in total. The van der Waals surface area contributed by atoms with Gasteiger partial charge in [0, 0.05) is 25.7 Å². The summed E-state index contributed by atoms with van der Waals surface area (Å²) in [4.78, 5) is 57.0. The van der Waals surface area contributed by atoms with E-state index in [1.165, 1.54) is 43.6 Å². The van der Waals surface area contributed by atoms with Crippen LogP contribution in [-0.2, 0) is 33.3 Å². The zero-order chi connectivity index (χ0) is 35.2. The average Bonchev–Trinajstić information content (AvgIpc) is 3.23. The molecule has 0 radical (unpaired) electrons. The monoisotopic (exact) mass is 669 g/mol. The summed E-state index contributed by atoms with van der Waals surface area (Å²) in [5.41, 5.74) is -7.87. The van der Waals surface area contributed by atoms with Crippen LogP contribution in [-0.4, -0.2) is 98.1 Å². The molecule has 3 aliphatic rings. The van der Waals surface area contributed by atoms with Crippen molar-refractivity contribution < 1.29 is 58.2 Å². The average molecular weight is 670 g/mol. The molecule has 10 atom stereocenters. The van der Waals surface area contributed by atoms with Crippen molar-refractivity contribution in [2.75, 3.05) is 6.61 Å². The highest BCUT2D eigenvalue weighted by Crippen LogP contribution is 2.68. The highest BCUT2D eigenvalue weighted by Gasteiger charge is 2.87. The van der Waals surface area contributed by atoms with Gasteiger partial charge in [-0.25, -0.2) is 9.59 Å². The van der Waals surface area contributed by atoms with Crippen LogP contribution in [0, 0.1) is 17.3 Å². The van der Waals surface area contributed by atoms with E-state index in [-0.39, 0.29) is 11.1 Å². The summed E-state index contributed by atoms with van der Waals surface area (Å²) in [6, 6.07) is 10.9. The fourth-order valence-corrected chi connectivity index (χ4v) is 7.95. The number of hydrogen-bond acceptors (Lipinski definition) is 13. The molecular weight excluding hydrogens is 626 g/mol. The van der Waals surface area contributed by atoms with Gasteiger partial charge in [0.25, 0.3) is 0 Å². The van der Waals surface area contributed by atoms with Crippen LogP contribution in [0.1, 0.15) is 75.1 Å². The molecule has 0 amide bonds. The van der Waals surface area contributed by atoms with Gasteiger partial charge in [0.05, 0.1) is 40.3 Å². The Kier molecular flexibility index (Phi) is 9.47. The van der Waals surface area contributed by atoms with Crippen LogP contribution < -0.4 is 0 Å². The number of aliphatic hydroxyl groups excluding tert-OH is 2. The van der Waals surface area contributed by atoms with Crippen LogP contribution in [0.15, 0.2) is 54.9 Å². The predicted molar refractivity (Wildman–Crippen MR) is 166 cm³/mol. The third-order valence-corrected chi connectivity index (χ3v) is 10.3. The van der Waals surface area contributed by atoms with Crippen molar-refractivity contribution in [1.29, 1.82) is 0 Å². The van der Waals surface area contributed by atoms with E-state index in [0.29, 0.717) is 6.42 Å². The number of nitrogens with zero attached hydrogens (tertiary/aromatic N) is 1. The van der Waals surface area contributed by atoms with Gasteiger partial charge in [-0.2, -0.15) is 0 Å². The van der Waals surface area contributed by atoms with Crippen LogP contribution in [0.5, 0.6) is 0 Å². The molecule has 1 saturated heterocycles. The summed E-state index contributed by atoms with van der Waals surface area (Å²) < 4.78 is 30.3. The van der Waals surface area contributed by atoms with E-state index in [4.69, 9.17) is 23.7 Å². The molecule has 260 valence electrons. The van der Waals surface area contributed by atoms with E-state index in [1.807, 2.05) is 0 Å². The van der Waals surface area contributed by atoms with E-state index >= 15 is 0 Å². The third-order valence-electron chi connectivity index (χ3n) is 10.3. The van der Waals surface area contributed by atoms with Gasteiger partial charge in [0.15, 0.2) is 6.10 Å².